The summed E-state index contributed by atoms with van der Waals surface area (Å²) in [7, 11) is 0. The van der Waals surface area contributed by atoms with Crippen molar-refractivity contribution >= 4 is 0 Å². The van der Waals surface area contributed by atoms with Gasteiger partial charge in [-0.25, -0.2) is 0 Å². The van der Waals surface area contributed by atoms with Crippen LogP contribution in [0.3, 0.4) is 0 Å². The lowest BCUT2D eigenvalue weighted by atomic mass is 9.92. The van der Waals surface area contributed by atoms with Crippen molar-refractivity contribution in [2.75, 3.05) is 6.61 Å². The average Bonchev–Trinajstić information content (AvgIpc) is 3.32. The van der Waals surface area contributed by atoms with Gasteiger partial charge in [0.1, 0.15) is 0 Å². The summed E-state index contributed by atoms with van der Waals surface area (Å²) in [6.07, 6.45) is 6.74. The van der Waals surface area contributed by atoms with Gasteiger partial charge < -0.3 is 9.63 Å². The SMILES string of the molecule is OCC1(NCc2nc(C3CCCC3)no2)CCc2ccccc21. The van der Waals surface area contributed by atoms with Crippen LogP contribution in [0.4, 0.5) is 0 Å². The van der Waals surface area contributed by atoms with Gasteiger partial charge in [0.15, 0.2) is 5.82 Å². The van der Waals surface area contributed by atoms with Crippen LogP contribution in [-0.2, 0) is 18.5 Å². The van der Waals surface area contributed by atoms with E-state index in [4.69, 9.17) is 4.52 Å². The average molecular weight is 313 g/mol. The number of aliphatic hydroxyl groups excluding tert-OH is 1. The third-order valence-electron chi connectivity index (χ3n) is 5.41. The maximum Gasteiger partial charge on any atom is 0.240 e. The van der Waals surface area contributed by atoms with Gasteiger partial charge in [0.25, 0.3) is 0 Å². The molecular weight excluding hydrogens is 290 g/mol. The molecule has 1 fully saturated rings. The molecule has 0 spiro atoms. The third-order valence-corrected chi connectivity index (χ3v) is 5.41. The highest BCUT2D eigenvalue weighted by Gasteiger charge is 2.38. The topological polar surface area (TPSA) is 71.2 Å². The number of aliphatic hydroxyl groups is 1. The van der Waals surface area contributed by atoms with E-state index >= 15 is 0 Å². The van der Waals surface area contributed by atoms with Gasteiger partial charge in [-0.15, -0.1) is 0 Å². The number of rotatable bonds is 5. The Morgan fingerprint density at radius 1 is 1.26 bits per heavy atom. The lowest BCUT2D eigenvalue weighted by Crippen LogP contribution is -2.43. The van der Waals surface area contributed by atoms with Gasteiger partial charge in [-0.1, -0.05) is 42.3 Å². The molecule has 5 nitrogen and oxygen atoms in total. The number of aromatic nitrogens is 2. The van der Waals surface area contributed by atoms with Crippen LogP contribution in [0.1, 0.15) is 60.9 Å². The highest BCUT2D eigenvalue weighted by atomic mass is 16.5. The molecule has 5 heteroatoms. The Hall–Kier alpha value is -1.72. The first kappa shape index (κ1) is 14.8. The Balaban J connectivity index is 1.48. The summed E-state index contributed by atoms with van der Waals surface area (Å²) in [6, 6.07) is 8.32. The standard InChI is InChI=1S/C18H23N3O2/c22-12-18(10-9-13-5-3-4-8-15(13)18)19-11-16-20-17(21-23-16)14-6-1-2-7-14/h3-5,8,14,19,22H,1-2,6-7,9-12H2. The van der Waals surface area contributed by atoms with E-state index in [0.717, 1.165) is 18.7 Å². The monoisotopic (exact) mass is 313 g/mol. The first-order valence-electron chi connectivity index (χ1n) is 8.57. The number of nitrogens with one attached hydrogen (secondary N) is 1. The minimum absolute atomic E-state index is 0.0770. The van der Waals surface area contributed by atoms with Crippen LogP contribution in [0.2, 0.25) is 0 Å². The van der Waals surface area contributed by atoms with E-state index in [1.54, 1.807) is 0 Å². The van der Waals surface area contributed by atoms with E-state index < -0.39 is 5.54 Å². The van der Waals surface area contributed by atoms with E-state index in [1.807, 2.05) is 6.07 Å². The molecule has 1 saturated carbocycles. The Bertz CT molecular complexity index is 678. The predicted molar refractivity (Wildman–Crippen MR) is 85.9 cm³/mol. The second-order valence-corrected chi connectivity index (χ2v) is 6.78. The largest absolute Gasteiger partial charge is 0.394 e. The first-order chi connectivity index (χ1) is 11.3. The fourth-order valence-corrected chi connectivity index (χ4v) is 4.03. The maximum atomic E-state index is 9.99. The van der Waals surface area contributed by atoms with Crippen LogP contribution in [0.25, 0.3) is 0 Å². The van der Waals surface area contributed by atoms with Crippen molar-refractivity contribution in [1.29, 1.82) is 0 Å². The minimum atomic E-state index is -0.390. The zero-order valence-electron chi connectivity index (χ0n) is 13.3. The van der Waals surface area contributed by atoms with E-state index in [9.17, 15) is 5.11 Å². The highest BCUT2D eigenvalue weighted by molar-refractivity contribution is 5.38. The zero-order chi connectivity index (χ0) is 15.7. The molecule has 0 saturated heterocycles. The molecule has 0 aliphatic heterocycles. The summed E-state index contributed by atoms with van der Waals surface area (Å²) >= 11 is 0. The molecule has 2 N–H and O–H groups in total. The smallest absolute Gasteiger partial charge is 0.240 e. The fraction of sp³-hybridized carbons (Fsp3) is 0.556. The second kappa shape index (κ2) is 6.06. The maximum absolute atomic E-state index is 9.99. The van der Waals surface area contributed by atoms with Crippen molar-refractivity contribution < 1.29 is 9.63 Å². The number of nitrogens with zero attached hydrogens (tertiary/aromatic N) is 2. The predicted octanol–water partition coefficient (Wildman–Crippen LogP) is 2.65. The molecule has 23 heavy (non-hydrogen) atoms. The molecule has 1 aromatic heterocycles. The van der Waals surface area contributed by atoms with Crippen LogP contribution in [-0.4, -0.2) is 21.9 Å². The van der Waals surface area contributed by atoms with Gasteiger partial charge in [0, 0.05) is 5.92 Å². The van der Waals surface area contributed by atoms with Gasteiger partial charge in [0.05, 0.1) is 18.7 Å². The fourth-order valence-electron chi connectivity index (χ4n) is 4.03. The number of aryl methyl sites for hydroxylation is 1. The van der Waals surface area contributed by atoms with E-state index in [2.05, 4.69) is 33.7 Å². The Labute approximate surface area is 136 Å². The molecule has 2 aromatic rings. The van der Waals surface area contributed by atoms with Gasteiger partial charge in [0.2, 0.25) is 5.89 Å². The van der Waals surface area contributed by atoms with Gasteiger partial charge in [-0.3, -0.25) is 5.32 Å². The number of fused-ring (bicyclic) bond motifs is 1. The van der Waals surface area contributed by atoms with Crippen molar-refractivity contribution in [2.24, 2.45) is 0 Å². The van der Waals surface area contributed by atoms with Crippen molar-refractivity contribution in [3.05, 3.63) is 47.1 Å². The lowest BCUT2D eigenvalue weighted by molar-refractivity contribution is 0.154. The van der Waals surface area contributed by atoms with Crippen LogP contribution < -0.4 is 5.32 Å². The Morgan fingerprint density at radius 3 is 2.91 bits per heavy atom. The Kier molecular flexibility index (Phi) is 3.91. The molecule has 0 radical (unpaired) electrons. The van der Waals surface area contributed by atoms with Gasteiger partial charge in [-0.05, 0) is 36.8 Å². The second-order valence-electron chi connectivity index (χ2n) is 6.78. The number of benzene rings is 1. The zero-order valence-corrected chi connectivity index (χ0v) is 13.3. The van der Waals surface area contributed by atoms with E-state index in [0.29, 0.717) is 18.4 Å². The molecule has 122 valence electrons. The third kappa shape index (κ3) is 2.68. The summed E-state index contributed by atoms with van der Waals surface area (Å²) in [4.78, 5) is 4.55. The molecule has 2 aliphatic rings. The molecule has 1 aromatic carbocycles. The van der Waals surface area contributed by atoms with Crippen molar-refractivity contribution in [3.8, 4) is 0 Å². The van der Waals surface area contributed by atoms with Crippen LogP contribution in [0, 0.1) is 0 Å². The van der Waals surface area contributed by atoms with Crippen LogP contribution >= 0.6 is 0 Å². The van der Waals surface area contributed by atoms with Crippen molar-refractivity contribution in [3.63, 3.8) is 0 Å². The van der Waals surface area contributed by atoms with Crippen molar-refractivity contribution in [2.45, 2.75) is 56.5 Å². The molecule has 1 atom stereocenters. The molecule has 0 bridgehead atoms. The first-order valence-corrected chi connectivity index (χ1v) is 8.57. The van der Waals surface area contributed by atoms with Gasteiger partial charge in [-0.2, -0.15) is 4.98 Å². The molecule has 4 rings (SSSR count). The Morgan fingerprint density at radius 2 is 2.09 bits per heavy atom. The molecule has 0 amide bonds. The number of hydrogen-bond acceptors (Lipinski definition) is 5. The summed E-state index contributed by atoms with van der Waals surface area (Å²) in [5, 5.41) is 17.6. The molecule has 2 aliphatic carbocycles. The molecule has 1 unspecified atom stereocenters. The summed E-state index contributed by atoms with van der Waals surface area (Å²) in [5.41, 5.74) is 2.11. The van der Waals surface area contributed by atoms with E-state index in [1.165, 1.54) is 36.8 Å². The van der Waals surface area contributed by atoms with Crippen LogP contribution in [0.5, 0.6) is 0 Å². The summed E-state index contributed by atoms with van der Waals surface area (Å²) in [6.45, 7) is 0.572. The lowest BCUT2D eigenvalue weighted by Gasteiger charge is -2.29. The van der Waals surface area contributed by atoms with Crippen molar-refractivity contribution in [1.82, 2.24) is 15.5 Å². The number of hydrogen-bond donors (Lipinski definition) is 2. The quantitative estimate of drug-likeness (QED) is 0.888. The van der Waals surface area contributed by atoms with E-state index in [-0.39, 0.29) is 6.61 Å². The summed E-state index contributed by atoms with van der Waals surface area (Å²) < 4.78 is 5.41. The van der Waals surface area contributed by atoms with Gasteiger partial charge >= 0.3 is 0 Å². The summed E-state index contributed by atoms with van der Waals surface area (Å²) in [5.74, 6) is 1.93. The van der Waals surface area contributed by atoms with Crippen LogP contribution in [0.15, 0.2) is 28.8 Å². The minimum Gasteiger partial charge on any atom is -0.394 e. The molecular formula is C18H23N3O2. The molecule has 1 heterocycles. The normalized spacial score (nSPS) is 24.2. The highest BCUT2D eigenvalue weighted by Crippen LogP contribution is 2.37.